The Labute approximate surface area is 90.9 Å². The van der Waals surface area contributed by atoms with Gasteiger partial charge >= 0.3 is 0 Å². The molecule has 1 atom stereocenters. The predicted molar refractivity (Wildman–Crippen MR) is 59.5 cm³/mol. The van der Waals surface area contributed by atoms with Gasteiger partial charge < -0.3 is 10.4 Å². The molecule has 0 aromatic carbocycles. The molecule has 0 aliphatic carbocycles. The standard InChI is InChI=1S/C8H12IN3O/c1-6(4-13)2-11-8-7(9)3-10-5-12-8/h3,5-6,13H,2,4H2,1H3,(H,10,11,12). The van der Waals surface area contributed by atoms with Gasteiger partial charge in [-0.3, -0.25) is 0 Å². The number of aliphatic hydroxyl groups excluding tert-OH is 1. The predicted octanol–water partition coefficient (Wildman–Crippen LogP) is 1.12. The summed E-state index contributed by atoms with van der Waals surface area (Å²) in [6.45, 7) is 2.89. The van der Waals surface area contributed by atoms with Crippen LogP contribution in [0.2, 0.25) is 0 Å². The normalized spacial score (nSPS) is 12.5. The Balaban J connectivity index is 2.50. The summed E-state index contributed by atoms with van der Waals surface area (Å²) in [7, 11) is 0. The molecule has 0 bridgehead atoms. The van der Waals surface area contributed by atoms with Crippen molar-refractivity contribution >= 4 is 28.4 Å². The van der Waals surface area contributed by atoms with Gasteiger partial charge in [-0.1, -0.05) is 6.92 Å². The molecule has 0 amide bonds. The summed E-state index contributed by atoms with van der Waals surface area (Å²) in [5.74, 6) is 1.07. The lowest BCUT2D eigenvalue weighted by atomic mass is 10.2. The Morgan fingerprint density at radius 3 is 3.08 bits per heavy atom. The number of halogens is 1. The van der Waals surface area contributed by atoms with E-state index >= 15 is 0 Å². The summed E-state index contributed by atoms with van der Waals surface area (Å²) >= 11 is 2.17. The molecule has 2 N–H and O–H groups in total. The monoisotopic (exact) mass is 293 g/mol. The second kappa shape index (κ2) is 5.33. The lowest BCUT2D eigenvalue weighted by Gasteiger charge is -2.10. The highest BCUT2D eigenvalue weighted by Gasteiger charge is 2.02. The smallest absolute Gasteiger partial charge is 0.142 e. The minimum atomic E-state index is 0.189. The van der Waals surface area contributed by atoms with E-state index in [-0.39, 0.29) is 12.5 Å². The van der Waals surface area contributed by atoms with Crippen LogP contribution < -0.4 is 5.32 Å². The van der Waals surface area contributed by atoms with Crippen molar-refractivity contribution in [1.82, 2.24) is 9.97 Å². The van der Waals surface area contributed by atoms with Crippen LogP contribution >= 0.6 is 22.6 Å². The van der Waals surface area contributed by atoms with Gasteiger partial charge in [0, 0.05) is 19.3 Å². The molecule has 0 aliphatic heterocycles. The Bertz CT molecular complexity index is 269. The largest absolute Gasteiger partial charge is 0.396 e. The highest BCUT2D eigenvalue weighted by atomic mass is 127. The average molecular weight is 293 g/mol. The second-order valence-corrected chi connectivity index (χ2v) is 4.05. The van der Waals surface area contributed by atoms with Crippen LogP contribution in [0.4, 0.5) is 5.82 Å². The molecule has 0 spiro atoms. The minimum Gasteiger partial charge on any atom is -0.396 e. The molecule has 1 aromatic heterocycles. The first kappa shape index (κ1) is 10.6. The van der Waals surface area contributed by atoms with Crippen LogP contribution in [-0.4, -0.2) is 28.2 Å². The number of aromatic nitrogens is 2. The summed E-state index contributed by atoms with van der Waals surface area (Å²) in [5, 5.41) is 12.0. The zero-order chi connectivity index (χ0) is 9.68. The van der Waals surface area contributed by atoms with Gasteiger partial charge in [0.2, 0.25) is 0 Å². The van der Waals surface area contributed by atoms with E-state index in [0.29, 0.717) is 0 Å². The van der Waals surface area contributed by atoms with Crippen molar-refractivity contribution in [3.8, 4) is 0 Å². The van der Waals surface area contributed by atoms with Gasteiger partial charge in [0.25, 0.3) is 0 Å². The number of hydrogen-bond donors (Lipinski definition) is 2. The van der Waals surface area contributed by atoms with Crippen LogP contribution in [0.25, 0.3) is 0 Å². The third kappa shape index (κ3) is 3.43. The van der Waals surface area contributed by atoms with Crippen molar-refractivity contribution in [2.75, 3.05) is 18.5 Å². The van der Waals surface area contributed by atoms with Crippen molar-refractivity contribution in [2.24, 2.45) is 5.92 Å². The molecule has 1 unspecified atom stereocenters. The first-order chi connectivity index (χ1) is 6.24. The third-order valence-corrected chi connectivity index (χ3v) is 2.39. The molecule has 0 fully saturated rings. The van der Waals surface area contributed by atoms with E-state index in [1.807, 2.05) is 6.92 Å². The Kier molecular flexibility index (Phi) is 4.37. The molecule has 1 rings (SSSR count). The van der Waals surface area contributed by atoms with Crippen molar-refractivity contribution in [2.45, 2.75) is 6.92 Å². The Hall–Kier alpha value is -0.430. The van der Waals surface area contributed by atoms with Gasteiger partial charge in [0.05, 0.1) is 3.57 Å². The minimum absolute atomic E-state index is 0.189. The molecule has 0 saturated heterocycles. The van der Waals surface area contributed by atoms with Crippen molar-refractivity contribution in [3.05, 3.63) is 16.1 Å². The number of hydrogen-bond acceptors (Lipinski definition) is 4. The molecular formula is C8H12IN3O. The molecule has 1 aromatic rings. The summed E-state index contributed by atoms with van der Waals surface area (Å²) in [4.78, 5) is 7.96. The van der Waals surface area contributed by atoms with E-state index in [1.54, 1.807) is 6.20 Å². The molecule has 72 valence electrons. The lowest BCUT2D eigenvalue weighted by molar-refractivity contribution is 0.244. The molecule has 0 saturated carbocycles. The van der Waals surface area contributed by atoms with E-state index < -0.39 is 0 Å². The fourth-order valence-electron chi connectivity index (χ4n) is 0.778. The highest BCUT2D eigenvalue weighted by molar-refractivity contribution is 14.1. The van der Waals surface area contributed by atoms with Crippen LogP contribution in [0.3, 0.4) is 0 Å². The molecule has 1 heterocycles. The van der Waals surface area contributed by atoms with Crippen LogP contribution in [0.5, 0.6) is 0 Å². The van der Waals surface area contributed by atoms with Gasteiger partial charge in [-0.25, -0.2) is 9.97 Å². The van der Waals surface area contributed by atoms with E-state index in [0.717, 1.165) is 15.9 Å². The third-order valence-electron chi connectivity index (χ3n) is 1.60. The van der Waals surface area contributed by atoms with Gasteiger partial charge in [0.1, 0.15) is 12.1 Å². The number of nitrogens with one attached hydrogen (secondary N) is 1. The van der Waals surface area contributed by atoms with Crippen LogP contribution in [-0.2, 0) is 0 Å². The maximum absolute atomic E-state index is 8.81. The maximum Gasteiger partial charge on any atom is 0.142 e. The molecule has 0 aliphatic rings. The number of rotatable bonds is 4. The number of anilines is 1. The van der Waals surface area contributed by atoms with Gasteiger partial charge in [0.15, 0.2) is 0 Å². The summed E-state index contributed by atoms with van der Waals surface area (Å²) in [6, 6.07) is 0. The molecule has 0 radical (unpaired) electrons. The lowest BCUT2D eigenvalue weighted by Crippen LogP contribution is -2.15. The van der Waals surface area contributed by atoms with E-state index in [4.69, 9.17) is 5.11 Å². The van der Waals surface area contributed by atoms with Crippen molar-refractivity contribution in [1.29, 1.82) is 0 Å². The van der Waals surface area contributed by atoms with Crippen molar-refractivity contribution < 1.29 is 5.11 Å². The van der Waals surface area contributed by atoms with Crippen molar-refractivity contribution in [3.63, 3.8) is 0 Å². The number of nitrogens with zero attached hydrogens (tertiary/aromatic N) is 2. The quantitative estimate of drug-likeness (QED) is 0.817. The fraction of sp³-hybridized carbons (Fsp3) is 0.500. The molecule has 4 nitrogen and oxygen atoms in total. The summed E-state index contributed by atoms with van der Waals surface area (Å²) in [5.41, 5.74) is 0. The number of aliphatic hydroxyl groups is 1. The zero-order valence-corrected chi connectivity index (χ0v) is 9.52. The first-order valence-corrected chi connectivity index (χ1v) is 5.12. The van der Waals surface area contributed by atoms with E-state index in [1.165, 1.54) is 6.33 Å². The summed E-state index contributed by atoms with van der Waals surface area (Å²) in [6.07, 6.45) is 3.26. The Morgan fingerprint density at radius 2 is 2.46 bits per heavy atom. The zero-order valence-electron chi connectivity index (χ0n) is 7.37. The van der Waals surface area contributed by atoms with Gasteiger partial charge in [-0.2, -0.15) is 0 Å². The molecule has 13 heavy (non-hydrogen) atoms. The Morgan fingerprint density at radius 1 is 1.69 bits per heavy atom. The van der Waals surface area contributed by atoms with E-state index in [2.05, 4.69) is 37.9 Å². The average Bonchev–Trinajstić information content (AvgIpc) is 2.16. The van der Waals surface area contributed by atoms with Crippen LogP contribution in [0.1, 0.15) is 6.92 Å². The SMILES string of the molecule is CC(CO)CNc1ncncc1I. The first-order valence-electron chi connectivity index (χ1n) is 4.04. The van der Waals surface area contributed by atoms with Crippen LogP contribution in [0.15, 0.2) is 12.5 Å². The van der Waals surface area contributed by atoms with Gasteiger partial charge in [-0.05, 0) is 28.5 Å². The summed E-state index contributed by atoms with van der Waals surface area (Å²) < 4.78 is 0.991. The molecule has 5 heteroatoms. The van der Waals surface area contributed by atoms with Crippen LogP contribution in [0, 0.1) is 9.49 Å². The maximum atomic E-state index is 8.81. The topological polar surface area (TPSA) is 58.0 Å². The fourth-order valence-corrected chi connectivity index (χ4v) is 1.27. The highest BCUT2D eigenvalue weighted by Crippen LogP contribution is 2.12. The second-order valence-electron chi connectivity index (χ2n) is 2.89. The molecular weight excluding hydrogens is 281 g/mol. The van der Waals surface area contributed by atoms with E-state index in [9.17, 15) is 0 Å². The van der Waals surface area contributed by atoms with Gasteiger partial charge in [-0.15, -0.1) is 0 Å².